The lowest BCUT2D eigenvalue weighted by atomic mass is 10.2. The van der Waals surface area contributed by atoms with Crippen LogP contribution in [0.1, 0.15) is 15.9 Å². The first-order valence-corrected chi connectivity index (χ1v) is 7.43. The number of carboxylic acid groups (broad SMARTS) is 1. The maximum absolute atomic E-state index is 12.4. The van der Waals surface area contributed by atoms with Gasteiger partial charge in [-0.3, -0.25) is 0 Å². The van der Waals surface area contributed by atoms with Gasteiger partial charge in [0.2, 0.25) is 0 Å². The van der Waals surface area contributed by atoms with Gasteiger partial charge in [0, 0.05) is 0 Å². The maximum atomic E-state index is 12.4. The molecule has 0 saturated heterocycles. The standard InChI is InChI=1S/C14H9F3O5S/c15-14(16,17)10-3-7-12(8-4-10)23(20,21)22-11-5-1-9(2-6-11)13(18)19/h1-8H,(H,18,19)/p-1. The van der Waals surface area contributed by atoms with Gasteiger partial charge in [0.05, 0.1) is 11.5 Å². The van der Waals surface area contributed by atoms with E-state index < -0.39 is 32.7 Å². The van der Waals surface area contributed by atoms with Crippen LogP contribution in [0.25, 0.3) is 0 Å². The van der Waals surface area contributed by atoms with E-state index in [0.29, 0.717) is 12.1 Å². The van der Waals surface area contributed by atoms with Gasteiger partial charge in [-0.2, -0.15) is 21.6 Å². The minimum atomic E-state index is -4.58. The Hall–Kier alpha value is -2.55. The van der Waals surface area contributed by atoms with E-state index in [1.165, 1.54) is 0 Å². The smallest absolute Gasteiger partial charge is 0.416 e. The van der Waals surface area contributed by atoms with Crippen molar-refractivity contribution in [2.75, 3.05) is 0 Å². The van der Waals surface area contributed by atoms with Crippen LogP contribution in [0.3, 0.4) is 0 Å². The van der Waals surface area contributed by atoms with Crippen LogP contribution in [0, 0.1) is 0 Å². The molecular formula is C14H8F3O5S-. The molecule has 0 aromatic heterocycles. The number of hydrogen-bond acceptors (Lipinski definition) is 5. The molecule has 0 spiro atoms. The molecule has 0 atom stereocenters. The van der Waals surface area contributed by atoms with Gasteiger partial charge in [0.25, 0.3) is 0 Å². The summed E-state index contributed by atoms with van der Waals surface area (Å²) < 4.78 is 65.9. The van der Waals surface area contributed by atoms with Crippen molar-refractivity contribution in [3.05, 3.63) is 59.7 Å². The minimum Gasteiger partial charge on any atom is -0.545 e. The molecule has 2 aromatic carbocycles. The van der Waals surface area contributed by atoms with Crippen molar-refractivity contribution < 1.29 is 35.7 Å². The lowest BCUT2D eigenvalue weighted by Gasteiger charge is -2.10. The fraction of sp³-hybridized carbons (Fsp3) is 0.0714. The summed E-state index contributed by atoms with van der Waals surface area (Å²) in [5.74, 6) is -1.63. The van der Waals surface area contributed by atoms with Crippen molar-refractivity contribution in [3.8, 4) is 5.75 Å². The fourth-order valence-electron chi connectivity index (χ4n) is 1.63. The Morgan fingerprint density at radius 3 is 1.91 bits per heavy atom. The molecule has 122 valence electrons. The lowest BCUT2D eigenvalue weighted by molar-refractivity contribution is -0.255. The Bertz CT molecular complexity index is 809. The van der Waals surface area contributed by atoms with Gasteiger partial charge >= 0.3 is 16.3 Å². The van der Waals surface area contributed by atoms with Crippen LogP contribution in [-0.2, 0) is 16.3 Å². The number of hydrogen-bond donors (Lipinski definition) is 0. The average Bonchev–Trinajstić information content (AvgIpc) is 2.46. The predicted octanol–water partition coefficient (Wildman–Crippen LogP) is 1.84. The van der Waals surface area contributed by atoms with Gasteiger partial charge in [0.1, 0.15) is 10.6 Å². The molecule has 0 amide bonds. The highest BCUT2D eigenvalue weighted by molar-refractivity contribution is 7.87. The molecule has 0 aliphatic rings. The minimum absolute atomic E-state index is 0.177. The first-order chi connectivity index (χ1) is 10.6. The van der Waals surface area contributed by atoms with Gasteiger partial charge in [-0.1, -0.05) is 0 Å². The molecular weight excluding hydrogens is 337 g/mol. The number of carbonyl (C=O) groups is 1. The molecule has 0 N–H and O–H groups in total. The first kappa shape index (κ1) is 16.8. The van der Waals surface area contributed by atoms with Gasteiger partial charge in [-0.25, -0.2) is 0 Å². The molecule has 0 radical (unpaired) electrons. The lowest BCUT2D eigenvalue weighted by Crippen LogP contribution is -2.22. The molecule has 0 heterocycles. The van der Waals surface area contributed by atoms with E-state index >= 15 is 0 Å². The van der Waals surface area contributed by atoms with Crippen LogP contribution in [-0.4, -0.2) is 14.4 Å². The summed E-state index contributed by atoms with van der Waals surface area (Å²) in [7, 11) is -4.34. The molecule has 5 nitrogen and oxygen atoms in total. The molecule has 9 heteroatoms. The van der Waals surface area contributed by atoms with E-state index in [1.807, 2.05) is 0 Å². The van der Waals surface area contributed by atoms with Gasteiger partial charge in [-0.15, -0.1) is 0 Å². The van der Waals surface area contributed by atoms with E-state index in [0.717, 1.165) is 36.4 Å². The number of benzene rings is 2. The maximum Gasteiger partial charge on any atom is 0.416 e. The Labute approximate surface area is 129 Å². The van der Waals surface area contributed by atoms with Crippen LogP contribution in [0.4, 0.5) is 13.2 Å². The molecule has 2 rings (SSSR count). The second-order valence-electron chi connectivity index (χ2n) is 4.37. The number of aromatic carboxylic acids is 1. The molecule has 0 aliphatic carbocycles. The number of halogens is 3. The van der Waals surface area contributed by atoms with Crippen LogP contribution in [0.2, 0.25) is 0 Å². The zero-order valence-corrected chi connectivity index (χ0v) is 12.0. The van der Waals surface area contributed by atoms with E-state index in [2.05, 4.69) is 0 Å². The number of alkyl halides is 3. The Kier molecular flexibility index (Phi) is 4.33. The van der Waals surface area contributed by atoms with Crippen LogP contribution in [0.5, 0.6) is 5.75 Å². The third-order valence-corrected chi connectivity index (χ3v) is 4.03. The summed E-state index contributed by atoms with van der Waals surface area (Å²) in [6.07, 6.45) is -4.58. The number of rotatable bonds is 4. The highest BCUT2D eigenvalue weighted by Gasteiger charge is 2.30. The molecule has 0 fully saturated rings. The number of carbonyl (C=O) groups excluding carboxylic acids is 1. The molecule has 23 heavy (non-hydrogen) atoms. The fourth-order valence-corrected chi connectivity index (χ4v) is 2.56. The van der Waals surface area contributed by atoms with E-state index in [9.17, 15) is 31.5 Å². The predicted molar refractivity (Wildman–Crippen MR) is 70.0 cm³/mol. The van der Waals surface area contributed by atoms with Gasteiger partial charge in [-0.05, 0) is 54.1 Å². The Morgan fingerprint density at radius 1 is 0.957 bits per heavy atom. The van der Waals surface area contributed by atoms with Gasteiger partial charge in [0.15, 0.2) is 0 Å². The van der Waals surface area contributed by atoms with Crippen molar-refractivity contribution >= 4 is 16.1 Å². The summed E-state index contributed by atoms with van der Waals surface area (Å²) in [4.78, 5) is 10.1. The second kappa shape index (κ2) is 5.92. The van der Waals surface area contributed by atoms with Gasteiger partial charge < -0.3 is 14.1 Å². The van der Waals surface area contributed by atoms with E-state index in [-0.39, 0.29) is 11.3 Å². The third kappa shape index (κ3) is 4.01. The Balaban J connectivity index is 2.23. The second-order valence-corrected chi connectivity index (χ2v) is 5.92. The monoisotopic (exact) mass is 345 g/mol. The van der Waals surface area contributed by atoms with Crippen molar-refractivity contribution in [2.24, 2.45) is 0 Å². The Morgan fingerprint density at radius 2 is 1.48 bits per heavy atom. The molecule has 0 unspecified atom stereocenters. The largest absolute Gasteiger partial charge is 0.545 e. The summed E-state index contributed by atoms with van der Waals surface area (Å²) >= 11 is 0. The summed E-state index contributed by atoms with van der Waals surface area (Å²) in [6.45, 7) is 0. The summed E-state index contributed by atoms with van der Waals surface area (Å²) in [6, 6.07) is 7.12. The molecule has 0 saturated carbocycles. The highest BCUT2D eigenvalue weighted by atomic mass is 32.2. The van der Waals surface area contributed by atoms with E-state index in [1.54, 1.807) is 0 Å². The zero-order chi connectivity index (χ0) is 17.3. The van der Waals surface area contributed by atoms with Crippen molar-refractivity contribution in [1.82, 2.24) is 0 Å². The van der Waals surface area contributed by atoms with Crippen molar-refractivity contribution in [1.29, 1.82) is 0 Å². The molecule has 0 aliphatic heterocycles. The van der Waals surface area contributed by atoms with E-state index in [4.69, 9.17) is 4.18 Å². The normalized spacial score (nSPS) is 12.0. The number of carboxylic acids is 1. The van der Waals surface area contributed by atoms with Crippen LogP contribution < -0.4 is 9.29 Å². The summed E-state index contributed by atoms with van der Waals surface area (Å²) in [5.41, 5.74) is -1.17. The zero-order valence-electron chi connectivity index (χ0n) is 11.2. The molecule has 0 bridgehead atoms. The first-order valence-electron chi connectivity index (χ1n) is 6.03. The third-order valence-electron chi connectivity index (χ3n) is 2.77. The quantitative estimate of drug-likeness (QED) is 0.790. The topological polar surface area (TPSA) is 83.5 Å². The van der Waals surface area contributed by atoms with Crippen molar-refractivity contribution in [2.45, 2.75) is 11.1 Å². The van der Waals surface area contributed by atoms with Crippen molar-refractivity contribution in [3.63, 3.8) is 0 Å². The highest BCUT2D eigenvalue weighted by Crippen LogP contribution is 2.30. The van der Waals surface area contributed by atoms with Crippen LogP contribution in [0.15, 0.2) is 53.4 Å². The molecule has 2 aromatic rings. The van der Waals surface area contributed by atoms with Crippen LogP contribution >= 0.6 is 0 Å². The SMILES string of the molecule is O=C([O-])c1ccc(OS(=O)(=O)c2ccc(C(F)(F)F)cc2)cc1. The summed E-state index contributed by atoms with van der Waals surface area (Å²) in [5, 5.41) is 10.6. The average molecular weight is 345 g/mol.